The van der Waals surface area contributed by atoms with Gasteiger partial charge >= 0.3 is 5.97 Å². The fraction of sp³-hybridized carbons (Fsp3) is 0.360. The molecule has 9 heteroatoms. The molecular formula is C25H28N2O6S. The Kier molecular flexibility index (Phi) is 6.92. The van der Waals surface area contributed by atoms with Crippen LogP contribution in [0.4, 0.5) is 5.69 Å². The number of ether oxygens (including phenoxy) is 1. The summed E-state index contributed by atoms with van der Waals surface area (Å²) < 4.78 is 37.7. The Morgan fingerprint density at radius 1 is 1.24 bits per heavy atom. The fourth-order valence-corrected chi connectivity index (χ4v) is 4.82. The Labute approximate surface area is 199 Å². The van der Waals surface area contributed by atoms with Crippen molar-refractivity contribution in [3.05, 3.63) is 65.0 Å². The number of carboxylic acids is 1. The van der Waals surface area contributed by atoms with Crippen LogP contribution in [-0.4, -0.2) is 36.8 Å². The van der Waals surface area contributed by atoms with Crippen molar-refractivity contribution in [2.24, 2.45) is 0 Å². The fourth-order valence-electron chi connectivity index (χ4n) is 4.18. The first-order chi connectivity index (χ1) is 16.2. The lowest BCUT2D eigenvalue weighted by molar-refractivity contribution is -0.137. The molecule has 0 spiro atoms. The van der Waals surface area contributed by atoms with Gasteiger partial charge in [-0.2, -0.15) is 0 Å². The van der Waals surface area contributed by atoms with Gasteiger partial charge in [-0.05, 0) is 80.1 Å². The van der Waals surface area contributed by atoms with E-state index in [2.05, 4.69) is 9.71 Å². The van der Waals surface area contributed by atoms with E-state index in [-0.39, 0.29) is 18.1 Å². The molecule has 2 N–H and O–H groups in total. The van der Waals surface area contributed by atoms with Gasteiger partial charge in [-0.1, -0.05) is 6.07 Å². The minimum atomic E-state index is -3.32. The third kappa shape index (κ3) is 5.59. The SMILES string of the molecule is CCS(=O)(=O)Nc1ccc(-c2nc(CCOc3ccc4c(c3)CC[C@H]4CC(=O)O)c(C)o2)cc1. The zero-order valence-corrected chi connectivity index (χ0v) is 20.0. The summed E-state index contributed by atoms with van der Waals surface area (Å²) in [5.41, 5.74) is 4.32. The molecule has 8 nitrogen and oxygen atoms in total. The van der Waals surface area contributed by atoms with Gasteiger partial charge in [0.05, 0.1) is 24.5 Å². The van der Waals surface area contributed by atoms with E-state index in [9.17, 15) is 13.2 Å². The number of fused-ring (bicyclic) bond motifs is 1. The number of aromatic nitrogens is 1. The molecule has 0 saturated heterocycles. The predicted octanol–water partition coefficient (Wildman–Crippen LogP) is 4.54. The zero-order chi connectivity index (χ0) is 24.3. The molecule has 0 amide bonds. The number of aliphatic carboxylic acids is 1. The van der Waals surface area contributed by atoms with Crippen molar-refractivity contribution in [2.75, 3.05) is 17.1 Å². The molecule has 1 heterocycles. The van der Waals surface area contributed by atoms with Gasteiger partial charge in [0, 0.05) is 17.7 Å². The molecule has 0 radical (unpaired) electrons. The summed E-state index contributed by atoms with van der Waals surface area (Å²) in [7, 11) is -3.32. The lowest BCUT2D eigenvalue weighted by Crippen LogP contribution is -2.14. The smallest absolute Gasteiger partial charge is 0.303 e. The molecular weight excluding hydrogens is 456 g/mol. The number of nitrogens with one attached hydrogen (secondary N) is 1. The maximum atomic E-state index is 11.7. The number of nitrogens with zero attached hydrogens (tertiary/aromatic N) is 1. The third-order valence-corrected chi connectivity index (χ3v) is 7.33. The summed E-state index contributed by atoms with van der Waals surface area (Å²) in [5, 5.41) is 9.07. The summed E-state index contributed by atoms with van der Waals surface area (Å²) in [4.78, 5) is 15.6. The molecule has 1 aliphatic rings. The summed E-state index contributed by atoms with van der Waals surface area (Å²) in [6.45, 7) is 3.87. The lowest BCUT2D eigenvalue weighted by atomic mass is 9.98. The van der Waals surface area contributed by atoms with Crippen LogP contribution in [0.1, 0.15) is 48.3 Å². The minimum Gasteiger partial charge on any atom is -0.493 e. The molecule has 0 bridgehead atoms. The van der Waals surface area contributed by atoms with Crippen molar-refractivity contribution in [2.45, 2.75) is 45.4 Å². The average molecular weight is 485 g/mol. The standard InChI is InChI=1S/C25H28N2O6S/c1-3-34(30,31)27-20-8-6-17(7-9-20)25-26-23(16(2)33-25)12-13-32-21-10-11-22-18(14-21)4-5-19(22)15-24(28)29/h6-11,14,19,27H,3-5,12-13,15H2,1-2H3,(H,28,29)/t19-/m0/s1. The molecule has 0 fully saturated rings. The molecule has 2 aromatic carbocycles. The van der Waals surface area contributed by atoms with E-state index in [1.165, 1.54) is 0 Å². The molecule has 1 atom stereocenters. The van der Waals surface area contributed by atoms with Crippen LogP contribution in [0.5, 0.6) is 5.75 Å². The molecule has 0 unspecified atom stereocenters. The molecule has 4 rings (SSSR count). The number of anilines is 1. The number of sulfonamides is 1. The van der Waals surface area contributed by atoms with Crippen molar-refractivity contribution in [1.29, 1.82) is 0 Å². The largest absolute Gasteiger partial charge is 0.493 e. The topological polar surface area (TPSA) is 119 Å². The van der Waals surface area contributed by atoms with Crippen LogP contribution in [0, 0.1) is 6.92 Å². The second-order valence-electron chi connectivity index (χ2n) is 8.40. The van der Waals surface area contributed by atoms with Crippen molar-refractivity contribution in [3.63, 3.8) is 0 Å². The molecule has 34 heavy (non-hydrogen) atoms. The number of oxazole rings is 1. The van der Waals surface area contributed by atoms with Crippen molar-refractivity contribution in [3.8, 4) is 17.2 Å². The molecule has 0 saturated carbocycles. The number of carboxylic acid groups (broad SMARTS) is 1. The van der Waals surface area contributed by atoms with Crippen molar-refractivity contribution < 1.29 is 27.5 Å². The number of aryl methyl sites for hydroxylation is 2. The summed E-state index contributed by atoms with van der Waals surface area (Å²) in [5.74, 6) is 1.27. The van der Waals surface area contributed by atoms with E-state index in [0.29, 0.717) is 30.4 Å². The Balaban J connectivity index is 1.36. The third-order valence-electron chi connectivity index (χ3n) is 6.02. The van der Waals surface area contributed by atoms with Gasteiger partial charge in [0.2, 0.25) is 15.9 Å². The molecule has 180 valence electrons. The number of carbonyl (C=O) groups is 1. The highest BCUT2D eigenvalue weighted by molar-refractivity contribution is 7.92. The van der Waals surface area contributed by atoms with Gasteiger partial charge in [0.25, 0.3) is 0 Å². The van der Waals surface area contributed by atoms with E-state index < -0.39 is 16.0 Å². The van der Waals surface area contributed by atoms with Crippen LogP contribution in [0.2, 0.25) is 0 Å². The normalized spacial score (nSPS) is 15.2. The Hall–Kier alpha value is -3.33. The predicted molar refractivity (Wildman–Crippen MR) is 129 cm³/mol. The molecule has 1 aromatic heterocycles. The highest BCUT2D eigenvalue weighted by Crippen LogP contribution is 2.37. The van der Waals surface area contributed by atoms with E-state index in [1.54, 1.807) is 31.2 Å². The lowest BCUT2D eigenvalue weighted by Gasteiger charge is -2.10. The highest BCUT2D eigenvalue weighted by atomic mass is 32.2. The first-order valence-corrected chi connectivity index (χ1v) is 12.9. The number of benzene rings is 2. The summed E-state index contributed by atoms with van der Waals surface area (Å²) in [6, 6.07) is 12.8. The monoisotopic (exact) mass is 484 g/mol. The Bertz CT molecular complexity index is 1280. The summed E-state index contributed by atoms with van der Waals surface area (Å²) in [6.07, 6.45) is 2.47. The van der Waals surface area contributed by atoms with Crippen molar-refractivity contribution >= 4 is 21.7 Å². The second kappa shape index (κ2) is 9.89. The van der Waals surface area contributed by atoms with E-state index in [0.717, 1.165) is 41.0 Å². The van der Waals surface area contributed by atoms with Gasteiger partial charge in [0.15, 0.2) is 0 Å². The van der Waals surface area contributed by atoms with E-state index in [1.807, 2.05) is 25.1 Å². The van der Waals surface area contributed by atoms with Crippen LogP contribution >= 0.6 is 0 Å². The second-order valence-corrected chi connectivity index (χ2v) is 10.4. The maximum Gasteiger partial charge on any atom is 0.303 e. The first kappa shape index (κ1) is 23.8. The summed E-state index contributed by atoms with van der Waals surface area (Å²) >= 11 is 0. The quantitative estimate of drug-likeness (QED) is 0.434. The van der Waals surface area contributed by atoms with Gasteiger partial charge in [-0.15, -0.1) is 0 Å². The van der Waals surface area contributed by atoms with Gasteiger partial charge in [-0.25, -0.2) is 13.4 Å². The van der Waals surface area contributed by atoms with Crippen LogP contribution in [0.25, 0.3) is 11.5 Å². The van der Waals surface area contributed by atoms with Crippen LogP contribution in [0.15, 0.2) is 46.9 Å². The average Bonchev–Trinajstić information content (AvgIpc) is 3.37. The number of rotatable bonds is 10. The van der Waals surface area contributed by atoms with Crippen LogP contribution in [0.3, 0.4) is 0 Å². The Morgan fingerprint density at radius 3 is 2.71 bits per heavy atom. The van der Waals surface area contributed by atoms with Crippen molar-refractivity contribution in [1.82, 2.24) is 4.98 Å². The minimum absolute atomic E-state index is 0.00974. The Morgan fingerprint density at radius 2 is 2.00 bits per heavy atom. The van der Waals surface area contributed by atoms with Crippen LogP contribution < -0.4 is 9.46 Å². The highest BCUT2D eigenvalue weighted by Gasteiger charge is 2.25. The zero-order valence-electron chi connectivity index (χ0n) is 19.2. The van der Waals surface area contributed by atoms with E-state index in [4.69, 9.17) is 14.3 Å². The first-order valence-electron chi connectivity index (χ1n) is 11.3. The molecule has 3 aromatic rings. The van der Waals surface area contributed by atoms with Gasteiger partial charge in [0.1, 0.15) is 11.5 Å². The van der Waals surface area contributed by atoms with Crippen LogP contribution in [-0.2, 0) is 27.7 Å². The van der Waals surface area contributed by atoms with Gasteiger partial charge < -0.3 is 14.3 Å². The molecule has 0 aliphatic heterocycles. The number of hydrogen-bond acceptors (Lipinski definition) is 6. The van der Waals surface area contributed by atoms with E-state index >= 15 is 0 Å². The number of hydrogen-bond donors (Lipinski definition) is 2. The molecule has 1 aliphatic carbocycles. The maximum absolute atomic E-state index is 11.7. The van der Waals surface area contributed by atoms with Gasteiger partial charge in [-0.3, -0.25) is 9.52 Å².